The summed E-state index contributed by atoms with van der Waals surface area (Å²) < 4.78 is 6.25. The van der Waals surface area contributed by atoms with E-state index in [4.69, 9.17) is 4.74 Å². The van der Waals surface area contributed by atoms with Crippen molar-refractivity contribution < 1.29 is 14.6 Å². The molecule has 2 N–H and O–H groups in total. The lowest BCUT2D eigenvalue weighted by atomic mass is 9.75. The minimum Gasteiger partial charge on any atom is -0.389 e. The summed E-state index contributed by atoms with van der Waals surface area (Å²) >= 11 is 0. The van der Waals surface area contributed by atoms with E-state index in [0.717, 1.165) is 24.1 Å². The molecule has 2 aliphatic rings. The number of hydrogen-bond donors (Lipinski definition) is 2. The lowest BCUT2D eigenvalue weighted by molar-refractivity contribution is -0.201. The molecule has 0 saturated carbocycles. The second-order valence-electron chi connectivity index (χ2n) is 6.45. The van der Waals surface area contributed by atoms with Crippen LogP contribution in [0.5, 0.6) is 0 Å². The van der Waals surface area contributed by atoms with E-state index in [9.17, 15) is 9.90 Å². The molecule has 1 amide bonds. The van der Waals surface area contributed by atoms with Gasteiger partial charge < -0.3 is 15.2 Å². The summed E-state index contributed by atoms with van der Waals surface area (Å²) in [5.74, 6) is -0.169. The van der Waals surface area contributed by atoms with Crippen molar-refractivity contribution in [2.75, 3.05) is 5.32 Å². The maximum atomic E-state index is 12.7. The Hall–Kier alpha value is -1.65. The van der Waals surface area contributed by atoms with Gasteiger partial charge in [0, 0.05) is 24.1 Å². The Bertz CT molecular complexity index is 600. The molecule has 1 fully saturated rings. The Morgan fingerprint density at radius 1 is 1.50 bits per heavy atom. The number of anilines is 1. The largest absolute Gasteiger partial charge is 0.389 e. The number of benzene rings is 1. The van der Waals surface area contributed by atoms with Crippen LogP contribution in [0.25, 0.3) is 0 Å². The number of amides is 1. The fraction of sp³-hybridized carbons (Fsp3) is 0.500. The molecule has 118 valence electrons. The minimum atomic E-state index is -1.08. The van der Waals surface area contributed by atoms with Crippen LogP contribution < -0.4 is 5.32 Å². The van der Waals surface area contributed by atoms with E-state index in [1.54, 1.807) is 6.08 Å². The second kappa shape index (κ2) is 5.52. The predicted molar refractivity (Wildman–Crippen MR) is 85.5 cm³/mol. The second-order valence-corrected chi connectivity index (χ2v) is 6.45. The van der Waals surface area contributed by atoms with E-state index < -0.39 is 11.2 Å². The standard InChI is InChI=1S/C18H23NO3/c1-3-7-13-11-17(21,10-4-2)12-18(22-13)14-8-5-6-9-15(14)19-16(18)20/h4-6,8-9,13,21H,2-3,7,10-12H2,1H3,(H,19,20)/t13-,17-,18+/m0/s1. The molecule has 0 bridgehead atoms. The van der Waals surface area contributed by atoms with Gasteiger partial charge in [-0.15, -0.1) is 6.58 Å². The molecule has 0 aliphatic carbocycles. The van der Waals surface area contributed by atoms with Crippen molar-refractivity contribution in [3.8, 4) is 0 Å². The molecule has 3 atom stereocenters. The monoisotopic (exact) mass is 301 g/mol. The topological polar surface area (TPSA) is 58.6 Å². The number of ether oxygens (including phenoxy) is 1. The Kier molecular flexibility index (Phi) is 3.83. The Morgan fingerprint density at radius 2 is 2.27 bits per heavy atom. The fourth-order valence-electron chi connectivity index (χ4n) is 3.82. The molecule has 0 aromatic heterocycles. The van der Waals surface area contributed by atoms with Gasteiger partial charge in [-0.2, -0.15) is 0 Å². The molecular weight excluding hydrogens is 278 g/mol. The van der Waals surface area contributed by atoms with Crippen molar-refractivity contribution in [2.45, 2.75) is 56.3 Å². The molecule has 22 heavy (non-hydrogen) atoms. The van der Waals surface area contributed by atoms with Gasteiger partial charge in [0.25, 0.3) is 5.91 Å². The van der Waals surface area contributed by atoms with Crippen LogP contribution in [0, 0.1) is 0 Å². The molecule has 3 rings (SSSR count). The van der Waals surface area contributed by atoms with Gasteiger partial charge in [0.2, 0.25) is 0 Å². The van der Waals surface area contributed by atoms with E-state index in [1.807, 2.05) is 24.3 Å². The molecular formula is C18H23NO3. The Balaban J connectivity index is 2.04. The van der Waals surface area contributed by atoms with Crippen LogP contribution in [0.15, 0.2) is 36.9 Å². The van der Waals surface area contributed by atoms with E-state index in [-0.39, 0.29) is 18.4 Å². The first kappa shape index (κ1) is 15.3. The summed E-state index contributed by atoms with van der Waals surface area (Å²) in [7, 11) is 0. The number of para-hydroxylation sites is 1. The van der Waals surface area contributed by atoms with Crippen molar-refractivity contribution in [1.82, 2.24) is 0 Å². The molecule has 1 aromatic rings. The fourth-order valence-corrected chi connectivity index (χ4v) is 3.82. The molecule has 1 spiro atoms. The van der Waals surface area contributed by atoms with Crippen molar-refractivity contribution >= 4 is 11.6 Å². The number of carbonyl (C=O) groups is 1. The summed E-state index contributed by atoms with van der Waals surface area (Å²) in [6.07, 6.45) is 4.67. The number of carbonyl (C=O) groups excluding carboxylic acids is 1. The zero-order valence-corrected chi connectivity index (χ0v) is 13.0. The summed E-state index contributed by atoms with van der Waals surface area (Å²) in [5, 5.41) is 13.9. The van der Waals surface area contributed by atoms with Gasteiger partial charge in [0.15, 0.2) is 5.60 Å². The lowest BCUT2D eigenvalue weighted by Crippen LogP contribution is -2.53. The van der Waals surface area contributed by atoms with Gasteiger partial charge in [-0.05, 0) is 18.9 Å². The summed E-state index contributed by atoms with van der Waals surface area (Å²) in [4.78, 5) is 12.7. The summed E-state index contributed by atoms with van der Waals surface area (Å²) in [5.41, 5.74) is -0.407. The number of aliphatic hydroxyl groups is 1. The average Bonchev–Trinajstić information content (AvgIpc) is 2.71. The van der Waals surface area contributed by atoms with E-state index in [2.05, 4.69) is 18.8 Å². The third-order valence-electron chi connectivity index (χ3n) is 4.67. The van der Waals surface area contributed by atoms with E-state index >= 15 is 0 Å². The quantitative estimate of drug-likeness (QED) is 0.840. The molecule has 4 heteroatoms. The van der Waals surface area contributed by atoms with Gasteiger partial charge in [-0.1, -0.05) is 37.6 Å². The van der Waals surface area contributed by atoms with Crippen molar-refractivity contribution in [1.29, 1.82) is 0 Å². The zero-order valence-electron chi connectivity index (χ0n) is 13.0. The maximum absolute atomic E-state index is 12.7. The van der Waals surface area contributed by atoms with Crippen LogP contribution in [0.4, 0.5) is 5.69 Å². The molecule has 0 radical (unpaired) electrons. The first-order valence-electron chi connectivity index (χ1n) is 7.95. The highest BCUT2D eigenvalue weighted by Gasteiger charge is 2.56. The van der Waals surface area contributed by atoms with Gasteiger partial charge >= 0.3 is 0 Å². The molecule has 4 nitrogen and oxygen atoms in total. The number of hydrogen-bond acceptors (Lipinski definition) is 3. The molecule has 1 aromatic carbocycles. The van der Waals surface area contributed by atoms with Crippen LogP contribution in [0.2, 0.25) is 0 Å². The first-order valence-corrected chi connectivity index (χ1v) is 7.95. The summed E-state index contributed by atoms with van der Waals surface area (Å²) in [6, 6.07) is 7.58. The Morgan fingerprint density at radius 3 is 3.00 bits per heavy atom. The van der Waals surface area contributed by atoms with Crippen LogP contribution >= 0.6 is 0 Å². The van der Waals surface area contributed by atoms with Crippen LogP contribution in [0.1, 0.15) is 44.6 Å². The smallest absolute Gasteiger partial charge is 0.261 e. The highest BCUT2D eigenvalue weighted by atomic mass is 16.5. The van der Waals surface area contributed by atoms with E-state index in [1.165, 1.54) is 0 Å². The normalized spacial score (nSPS) is 33.5. The minimum absolute atomic E-state index is 0.124. The number of fused-ring (bicyclic) bond motifs is 2. The summed E-state index contributed by atoms with van der Waals surface area (Å²) in [6.45, 7) is 5.83. The van der Waals surface area contributed by atoms with Gasteiger partial charge in [-0.3, -0.25) is 4.79 Å². The predicted octanol–water partition coefficient (Wildman–Crippen LogP) is 3.12. The van der Waals surface area contributed by atoms with Crippen LogP contribution in [-0.4, -0.2) is 22.7 Å². The maximum Gasteiger partial charge on any atom is 0.261 e. The average molecular weight is 301 g/mol. The number of nitrogens with one attached hydrogen (secondary N) is 1. The molecule has 1 saturated heterocycles. The van der Waals surface area contributed by atoms with Gasteiger partial charge in [0.05, 0.1) is 11.7 Å². The van der Waals surface area contributed by atoms with Crippen molar-refractivity contribution in [2.24, 2.45) is 0 Å². The highest BCUT2D eigenvalue weighted by molar-refractivity contribution is 6.05. The van der Waals surface area contributed by atoms with Crippen LogP contribution in [0.3, 0.4) is 0 Å². The first-order chi connectivity index (χ1) is 10.5. The molecule has 0 unspecified atom stereocenters. The number of rotatable bonds is 4. The Labute approximate surface area is 131 Å². The van der Waals surface area contributed by atoms with Gasteiger partial charge in [0.1, 0.15) is 0 Å². The lowest BCUT2D eigenvalue weighted by Gasteiger charge is -2.45. The van der Waals surface area contributed by atoms with Crippen molar-refractivity contribution in [3.05, 3.63) is 42.5 Å². The zero-order chi connectivity index (χ0) is 15.8. The third-order valence-corrected chi connectivity index (χ3v) is 4.67. The third kappa shape index (κ3) is 2.36. The van der Waals surface area contributed by atoms with Crippen LogP contribution in [-0.2, 0) is 15.1 Å². The SMILES string of the molecule is C=CC[C@]1(O)C[C@H](CCC)O[C@@]2(C1)C(=O)Nc1ccccc12. The molecule has 2 aliphatic heterocycles. The van der Waals surface area contributed by atoms with Crippen molar-refractivity contribution in [3.63, 3.8) is 0 Å². The van der Waals surface area contributed by atoms with E-state index in [0.29, 0.717) is 12.8 Å². The molecule has 2 heterocycles. The van der Waals surface area contributed by atoms with Gasteiger partial charge in [-0.25, -0.2) is 0 Å². The highest BCUT2D eigenvalue weighted by Crippen LogP contribution is 2.50.